The molecule has 0 aromatic carbocycles. The van der Waals surface area contributed by atoms with E-state index in [2.05, 4.69) is 30.8 Å². The van der Waals surface area contributed by atoms with E-state index in [0.29, 0.717) is 18.0 Å². The van der Waals surface area contributed by atoms with Gasteiger partial charge < -0.3 is 10.6 Å². The molecule has 3 rings (SSSR count). The van der Waals surface area contributed by atoms with Crippen molar-refractivity contribution in [2.45, 2.75) is 45.1 Å². The predicted molar refractivity (Wildman–Crippen MR) is 82.7 cm³/mol. The van der Waals surface area contributed by atoms with Gasteiger partial charge in [-0.1, -0.05) is 0 Å². The quantitative estimate of drug-likeness (QED) is 0.788. The third-order valence-corrected chi connectivity index (χ3v) is 3.52. The first-order valence-electron chi connectivity index (χ1n) is 7.50. The number of urea groups is 1. The number of rotatable bonds is 5. The normalized spacial score (nSPS) is 15.4. The lowest BCUT2D eigenvalue weighted by atomic mass is 10.2. The molecule has 3 N–H and O–H groups in total. The second kappa shape index (κ2) is 6.13. The minimum Gasteiger partial charge on any atom is -0.335 e. The number of aromatic amines is 1. The Balaban J connectivity index is 1.48. The van der Waals surface area contributed by atoms with Crippen molar-refractivity contribution in [2.75, 3.05) is 5.32 Å². The number of nitrogens with one attached hydrogen (secondary N) is 3. The van der Waals surface area contributed by atoms with Crippen molar-refractivity contribution in [1.82, 2.24) is 25.5 Å². The number of amides is 2. The van der Waals surface area contributed by atoms with E-state index in [4.69, 9.17) is 0 Å². The first-order valence-corrected chi connectivity index (χ1v) is 7.50. The lowest BCUT2D eigenvalue weighted by Crippen LogP contribution is -2.37. The molecule has 22 heavy (non-hydrogen) atoms. The van der Waals surface area contributed by atoms with Crippen LogP contribution in [-0.4, -0.2) is 32.2 Å². The molecular formula is C15H20N6O. The number of hydrogen-bond donors (Lipinski definition) is 3. The summed E-state index contributed by atoms with van der Waals surface area (Å²) in [6.07, 6.45) is 6.31. The zero-order valence-electron chi connectivity index (χ0n) is 12.8. The van der Waals surface area contributed by atoms with Gasteiger partial charge in [-0.2, -0.15) is 5.10 Å². The molecule has 0 spiro atoms. The molecule has 2 heterocycles. The van der Waals surface area contributed by atoms with Crippen molar-refractivity contribution in [3.8, 4) is 0 Å². The molecule has 0 saturated heterocycles. The molecule has 0 radical (unpaired) electrons. The monoisotopic (exact) mass is 300 g/mol. The molecule has 2 amide bonds. The Kier molecular flexibility index (Phi) is 4.04. The average Bonchev–Trinajstić information content (AvgIpc) is 3.23. The Bertz CT molecular complexity index is 646. The molecule has 0 bridgehead atoms. The van der Waals surface area contributed by atoms with Gasteiger partial charge in [-0.15, -0.1) is 0 Å². The van der Waals surface area contributed by atoms with E-state index in [1.54, 1.807) is 12.4 Å². The van der Waals surface area contributed by atoms with Gasteiger partial charge in [0.05, 0.1) is 23.8 Å². The zero-order valence-corrected chi connectivity index (χ0v) is 12.8. The second-order valence-corrected chi connectivity index (χ2v) is 5.85. The fourth-order valence-electron chi connectivity index (χ4n) is 2.29. The summed E-state index contributed by atoms with van der Waals surface area (Å²) in [4.78, 5) is 20.5. The van der Waals surface area contributed by atoms with Gasteiger partial charge >= 0.3 is 6.03 Å². The number of carbonyl (C=O) groups is 1. The molecule has 116 valence electrons. The molecule has 7 nitrogen and oxygen atoms in total. The number of nitrogens with zero attached hydrogens (tertiary/aromatic N) is 3. The van der Waals surface area contributed by atoms with Crippen molar-refractivity contribution in [3.05, 3.63) is 35.7 Å². The maximum absolute atomic E-state index is 11.9. The van der Waals surface area contributed by atoms with E-state index in [-0.39, 0.29) is 12.1 Å². The molecule has 2 aromatic heterocycles. The largest absolute Gasteiger partial charge is 0.335 e. The minimum atomic E-state index is -0.262. The highest BCUT2D eigenvalue weighted by molar-refractivity contribution is 5.89. The lowest BCUT2D eigenvalue weighted by molar-refractivity contribution is 0.249. The molecule has 0 aliphatic heterocycles. The second-order valence-electron chi connectivity index (χ2n) is 5.85. The van der Waals surface area contributed by atoms with E-state index >= 15 is 0 Å². The number of H-pyrrole nitrogens is 1. The summed E-state index contributed by atoms with van der Waals surface area (Å²) in [5.41, 5.74) is 2.55. The van der Waals surface area contributed by atoms with Crippen LogP contribution in [0.1, 0.15) is 42.9 Å². The van der Waals surface area contributed by atoms with Gasteiger partial charge in [-0.25, -0.2) is 14.8 Å². The van der Waals surface area contributed by atoms with Gasteiger partial charge in [0.15, 0.2) is 0 Å². The third-order valence-electron chi connectivity index (χ3n) is 3.52. The molecule has 7 heteroatoms. The summed E-state index contributed by atoms with van der Waals surface area (Å²) in [7, 11) is 0. The molecule has 2 aromatic rings. The maximum Gasteiger partial charge on any atom is 0.319 e. The Morgan fingerprint density at radius 3 is 2.73 bits per heavy atom. The van der Waals surface area contributed by atoms with E-state index in [1.807, 2.05) is 19.9 Å². The van der Waals surface area contributed by atoms with Crippen molar-refractivity contribution in [1.29, 1.82) is 0 Å². The maximum atomic E-state index is 11.9. The topological polar surface area (TPSA) is 95.6 Å². The molecule has 0 unspecified atom stereocenters. The fraction of sp³-hybridized carbons (Fsp3) is 0.467. The van der Waals surface area contributed by atoms with Crippen LogP contribution in [0, 0.1) is 6.92 Å². The Morgan fingerprint density at radius 2 is 2.14 bits per heavy atom. The number of carbonyl (C=O) groups excluding carboxylic acids is 1. The standard InChI is InChI=1S/C15H20N6O/c1-9(5-12-6-10(2)20-21-12)18-15(22)19-13-7-16-14(17-8-13)11-3-4-11/h6-9,11H,3-5H2,1-2H3,(H,20,21)(H2,18,19,22)/t9-/m0/s1. The van der Waals surface area contributed by atoms with Crippen molar-refractivity contribution >= 4 is 11.7 Å². The predicted octanol–water partition coefficient (Wildman–Crippen LogP) is 2.14. The molecule has 1 atom stereocenters. The van der Waals surface area contributed by atoms with Crippen molar-refractivity contribution in [3.63, 3.8) is 0 Å². The molecule has 1 aliphatic rings. The van der Waals surface area contributed by atoms with Crippen LogP contribution in [-0.2, 0) is 6.42 Å². The first kappa shape index (κ1) is 14.5. The third kappa shape index (κ3) is 3.81. The summed E-state index contributed by atoms with van der Waals surface area (Å²) < 4.78 is 0. The van der Waals surface area contributed by atoms with Crippen LogP contribution in [0.25, 0.3) is 0 Å². The van der Waals surface area contributed by atoms with Crippen LogP contribution in [0.4, 0.5) is 10.5 Å². The number of aromatic nitrogens is 4. The molecule has 1 saturated carbocycles. The van der Waals surface area contributed by atoms with Crippen LogP contribution >= 0.6 is 0 Å². The first-order chi connectivity index (χ1) is 10.6. The summed E-state index contributed by atoms with van der Waals surface area (Å²) in [6, 6.07) is 1.69. The summed E-state index contributed by atoms with van der Waals surface area (Å²) >= 11 is 0. The Morgan fingerprint density at radius 1 is 1.41 bits per heavy atom. The van der Waals surface area contributed by atoms with Crippen molar-refractivity contribution < 1.29 is 4.79 Å². The smallest absolute Gasteiger partial charge is 0.319 e. The van der Waals surface area contributed by atoms with Crippen LogP contribution < -0.4 is 10.6 Å². The summed E-state index contributed by atoms with van der Waals surface area (Å²) in [5.74, 6) is 1.38. The number of hydrogen-bond acceptors (Lipinski definition) is 4. The van der Waals surface area contributed by atoms with Crippen LogP contribution in [0.5, 0.6) is 0 Å². The van der Waals surface area contributed by atoms with Crippen LogP contribution in [0.2, 0.25) is 0 Å². The molecule has 1 fully saturated rings. The molecule has 1 aliphatic carbocycles. The van der Waals surface area contributed by atoms with Gasteiger partial charge in [0.25, 0.3) is 0 Å². The highest BCUT2D eigenvalue weighted by atomic mass is 16.2. The van der Waals surface area contributed by atoms with E-state index in [1.165, 1.54) is 0 Å². The zero-order chi connectivity index (χ0) is 15.5. The Hall–Kier alpha value is -2.44. The molecular weight excluding hydrogens is 280 g/mol. The summed E-state index contributed by atoms with van der Waals surface area (Å²) in [5, 5.41) is 12.7. The average molecular weight is 300 g/mol. The van der Waals surface area contributed by atoms with Crippen molar-refractivity contribution in [2.24, 2.45) is 0 Å². The highest BCUT2D eigenvalue weighted by Crippen LogP contribution is 2.37. The lowest BCUT2D eigenvalue weighted by Gasteiger charge is -2.13. The van der Waals surface area contributed by atoms with E-state index in [0.717, 1.165) is 30.1 Å². The van der Waals surface area contributed by atoms with Gasteiger partial charge in [0.2, 0.25) is 0 Å². The van der Waals surface area contributed by atoms with Gasteiger partial charge in [0.1, 0.15) is 5.82 Å². The van der Waals surface area contributed by atoms with Crippen LogP contribution in [0.3, 0.4) is 0 Å². The van der Waals surface area contributed by atoms with Gasteiger partial charge in [-0.05, 0) is 32.8 Å². The van der Waals surface area contributed by atoms with Crippen LogP contribution in [0.15, 0.2) is 18.5 Å². The van der Waals surface area contributed by atoms with E-state index < -0.39 is 0 Å². The highest BCUT2D eigenvalue weighted by Gasteiger charge is 2.26. The van der Waals surface area contributed by atoms with E-state index in [9.17, 15) is 4.79 Å². The SMILES string of the molecule is Cc1cc(C[C@H](C)NC(=O)Nc2cnc(C3CC3)nc2)n[nH]1. The number of aryl methyl sites for hydroxylation is 1. The van der Waals surface area contributed by atoms with Gasteiger partial charge in [-0.3, -0.25) is 5.10 Å². The Labute approximate surface area is 129 Å². The fourth-order valence-corrected chi connectivity index (χ4v) is 2.29. The van der Waals surface area contributed by atoms with Gasteiger partial charge in [0, 0.05) is 24.1 Å². The minimum absolute atomic E-state index is 0.0191. The summed E-state index contributed by atoms with van der Waals surface area (Å²) in [6.45, 7) is 3.89. The number of anilines is 1.